The fraction of sp³-hybridized carbons (Fsp3) is 0. The molecule has 0 heterocycles. The van der Waals surface area contributed by atoms with Crippen molar-refractivity contribution in [2.24, 2.45) is 0 Å². The number of hydrogen-bond acceptors (Lipinski definition) is 4. The predicted molar refractivity (Wildman–Crippen MR) is 44.6 cm³/mol. The van der Waals surface area contributed by atoms with Crippen molar-refractivity contribution in [1.29, 1.82) is 0 Å². The third-order valence-corrected chi connectivity index (χ3v) is 0. The number of hydrogen-bond donors (Lipinski definition) is 6. The summed E-state index contributed by atoms with van der Waals surface area (Å²) in [5.41, 5.74) is 0. The summed E-state index contributed by atoms with van der Waals surface area (Å²) < 4.78 is 31.6. The van der Waals surface area contributed by atoms with Crippen LogP contribution in [0.2, 0.25) is 0 Å². The van der Waals surface area contributed by atoms with Crippen LogP contribution in [0.5, 0.6) is 0 Å². The Hall–Kier alpha value is 0.176. The second kappa shape index (κ2) is 16.6. The second-order valence-electron chi connectivity index (χ2n) is 1.01. The molecule has 0 bridgehead atoms. The summed E-state index contributed by atoms with van der Waals surface area (Å²) in [5.74, 6) is 0. The van der Waals surface area contributed by atoms with Crippen molar-refractivity contribution in [3.05, 3.63) is 0 Å². The Morgan fingerprint density at radius 3 is 0.867 bits per heavy atom. The smallest absolute Gasteiger partial charge is 1.00 e. The Balaban J connectivity index is -0.0000000123. The van der Waals surface area contributed by atoms with Gasteiger partial charge in [0.1, 0.15) is 0 Å². The van der Waals surface area contributed by atoms with Crippen molar-refractivity contribution >= 4 is 45.8 Å². The van der Waals surface area contributed by atoms with E-state index in [0.717, 1.165) is 0 Å². The zero-order valence-electron chi connectivity index (χ0n) is 10.4. The van der Waals surface area contributed by atoms with E-state index in [2.05, 4.69) is 0 Å². The Morgan fingerprint density at radius 1 is 0.867 bits per heavy atom. The molecule has 13 heteroatoms. The van der Waals surface area contributed by atoms with Crippen LogP contribution in [-0.2, 0) is 10.4 Å². The standard InChI is InChI=1S/2CH2O3.Mg.Na.H2O4S.3H/c2*2-1(3)4;;;1-5(2,3)4;;;/h2*(H2,2,3,4);;;(H2,1,2,3,4);;;/q;;+2;+1;;3*-1. The molecule has 0 unspecified atom stereocenters. The molecule has 0 radical (unpaired) electrons. The minimum atomic E-state index is -4.67. The van der Waals surface area contributed by atoms with Gasteiger partial charge in [0.05, 0.1) is 0 Å². The van der Waals surface area contributed by atoms with E-state index in [9.17, 15) is 0 Å². The quantitative estimate of drug-likeness (QED) is 0.193. The van der Waals surface area contributed by atoms with Crippen molar-refractivity contribution in [2.45, 2.75) is 0 Å². The third kappa shape index (κ3) is 67700. The van der Waals surface area contributed by atoms with Gasteiger partial charge in [0.15, 0.2) is 0 Å². The molecule has 0 aromatic carbocycles. The van der Waals surface area contributed by atoms with Gasteiger partial charge in [-0.3, -0.25) is 9.11 Å². The SMILES string of the molecule is O=C(O)O.O=C(O)O.O=S(=O)(O)O.[H-].[H-].[H-].[Mg+2].[Na+]. The Morgan fingerprint density at radius 2 is 0.867 bits per heavy atom. The van der Waals surface area contributed by atoms with Crippen LogP contribution in [0.3, 0.4) is 0 Å². The summed E-state index contributed by atoms with van der Waals surface area (Å²) in [4.78, 5) is 17.1. The molecule has 0 fully saturated rings. The van der Waals surface area contributed by atoms with Gasteiger partial charge in [-0.2, -0.15) is 8.42 Å². The molecule has 0 spiro atoms. The van der Waals surface area contributed by atoms with Crippen LogP contribution in [0.1, 0.15) is 4.28 Å². The average Bonchev–Trinajstić information content (AvgIpc) is 1.50. The molecule has 10 nitrogen and oxygen atoms in total. The van der Waals surface area contributed by atoms with Gasteiger partial charge in [-0.15, -0.1) is 0 Å². The normalized spacial score (nSPS) is 7.07. The summed E-state index contributed by atoms with van der Waals surface area (Å²) in [6.07, 6.45) is -3.67. The molecule has 0 saturated carbocycles. The van der Waals surface area contributed by atoms with Crippen molar-refractivity contribution in [2.75, 3.05) is 0 Å². The van der Waals surface area contributed by atoms with Gasteiger partial charge in [0, 0.05) is 0 Å². The zero-order valence-corrected chi connectivity index (χ0v) is 11.7. The van der Waals surface area contributed by atoms with Gasteiger partial charge < -0.3 is 24.7 Å². The minimum Gasteiger partial charge on any atom is -1.00 e. The molecule has 0 amide bonds. The number of carboxylic acid groups (broad SMARTS) is 4. The first-order valence-corrected chi connectivity index (χ1v) is 3.40. The predicted octanol–water partition coefficient (Wildman–Crippen LogP) is -3.25. The first-order chi connectivity index (χ1) is 5.46. The molecule has 0 rings (SSSR count). The fourth-order valence-corrected chi connectivity index (χ4v) is 0. The van der Waals surface area contributed by atoms with E-state index in [4.69, 9.17) is 47.5 Å². The number of rotatable bonds is 0. The van der Waals surface area contributed by atoms with E-state index >= 15 is 0 Å². The minimum absolute atomic E-state index is 0. The summed E-state index contributed by atoms with van der Waals surface area (Å²) in [6.45, 7) is 0. The molecule has 86 valence electrons. The maximum Gasteiger partial charge on any atom is 2.00 e. The Labute approximate surface area is 126 Å². The maximum absolute atomic E-state index is 8.74. The monoisotopic (exact) mass is 272 g/mol. The summed E-state index contributed by atoms with van der Waals surface area (Å²) in [6, 6.07) is 0. The van der Waals surface area contributed by atoms with Crippen molar-refractivity contribution in [1.82, 2.24) is 0 Å². The van der Waals surface area contributed by atoms with Gasteiger partial charge in [-0.1, -0.05) is 0 Å². The van der Waals surface area contributed by atoms with Gasteiger partial charge in [-0.25, -0.2) is 9.59 Å². The van der Waals surface area contributed by atoms with E-state index in [1.54, 1.807) is 0 Å². The molecule has 0 aliphatic heterocycles. The molecule has 0 atom stereocenters. The molecular weight excluding hydrogens is 263 g/mol. The average molecular weight is 272 g/mol. The topological polar surface area (TPSA) is 190 Å². The van der Waals surface area contributed by atoms with Crippen LogP contribution in [0.4, 0.5) is 9.59 Å². The van der Waals surface area contributed by atoms with E-state index in [1.807, 2.05) is 0 Å². The molecule has 15 heavy (non-hydrogen) atoms. The van der Waals surface area contributed by atoms with Crippen molar-refractivity contribution in [3.8, 4) is 0 Å². The summed E-state index contributed by atoms with van der Waals surface area (Å²) in [7, 11) is -4.67. The van der Waals surface area contributed by atoms with E-state index in [0.29, 0.717) is 0 Å². The molecule has 0 aliphatic carbocycles. The second-order valence-corrected chi connectivity index (χ2v) is 1.91. The van der Waals surface area contributed by atoms with Gasteiger partial charge >= 0.3 is 75.3 Å². The molecule has 0 aromatic rings. The van der Waals surface area contributed by atoms with Crippen LogP contribution >= 0.6 is 0 Å². The van der Waals surface area contributed by atoms with Gasteiger partial charge in [-0.05, 0) is 0 Å². The molecule has 6 N–H and O–H groups in total. The zero-order chi connectivity index (χ0) is 11.7. The first-order valence-electron chi connectivity index (χ1n) is 2.00. The Bertz CT molecular complexity index is 230. The molecule has 0 aliphatic rings. The van der Waals surface area contributed by atoms with E-state index in [-0.39, 0.29) is 56.9 Å². The van der Waals surface area contributed by atoms with Gasteiger partial charge in [0.25, 0.3) is 0 Å². The fourth-order valence-electron chi connectivity index (χ4n) is 0. The summed E-state index contributed by atoms with van der Waals surface area (Å²) >= 11 is 0. The molecule has 0 aromatic heterocycles. The Kier molecular flexibility index (Phi) is 32.6. The van der Waals surface area contributed by atoms with Crippen molar-refractivity contribution < 1.29 is 81.4 Å². The van der Waals surface area contributed by atoms with Crippen LogP contribution in [0, 0.1) is 0 Å². The number of carbonyl (C=O) groups is 2. The molecular formula is C2H9MgNaO10S. The van der Waals surface area contributed by atoms with Crippen molar-refractivity contribution in [3.63, 3.8) is 0 Å². The van der Waals surface area contributed by atoms with E-state index in [1.165, 1.54) is 0 Å². The van der Waals surface area contributed by atoms with Crippen LogP contribution in [-0.4, -0.2) is 73.3 Å². The van der Waals surface area contributed by atoms with Crippen LogP contribution in [0.25, 0.3) is 0 Å². The molecule has 0 saturated heterocycles. The maximum atomic E-state index is 8.74. The van der Waals surface area contributed by atoms with Crippen LogP contribution in [0.15, 0.2) is 0 Å². The largest absolute Gasteiger partial charge is 2.00 e. The third-order valence-electron chi connectivity index (χ3n) is 0. The first kappa shape index (κ1) is 29.5. The summed E-state index contributed by atoms with van der Waals surface area (Å²) in [5, 5.41) is 27.9. The van der Waals surface area contributed by atoms with Gasteiger partial charge in [0.2, 0.25) is 0 Å². The van der Waals surface area contributed by atoms with E-state index < -0.39 is 22.7 Å². The van der Waals surface area contributed by atoms with Crippen LogP contribution < -0.4 is 29.6 Å².